The summed E-state index contributed by atoms with van der Waals surface area (Å²) < 4.78 is 14.9. The Bertz CT molecular complexity index is 771. The monoisotopic (exact) mass is 372 g/mol. The van der Waals surface area contributed by atoms with Gasteiger partial charge in [-0.2, -0.15) is 5.10 Å². The molecule has 0 spiro atoms. The second kappa shape index (κ2) is 8.21. The molecule has 0 unspecified atom stereocenters. The molecule has 1 fully saturated rings. The van der Waals surface area contributed by atoms with Gasteiger partial charge in [0.2, 0.25) is 5.91 Å². The molecule has 1 amide bonds. The summed E-state index contributed by atoms with van der Waals surface area (Å²) in [5.74, 6) is 0.750. The minimum atomic E-state index is -0.270. The van der Waals surface area contributed by atoms with Crippen molar-refractivity contribution in [2.75, 3.05) is 13.6 Å². The lowest BCUT2D eigenvalue weighted by Crippen LogP contribution is -2.34. The third kappa shape index (κ3) is 4.56. The molecule has 146 valence electrons. The molecule has 1 aliphatic rings. The molecule has 0 radical (unpaired) electrons. The molecule has 0 aliphatic carbocycles. The zero-order valence-corrected chi connectivity index (χ0v) is 16.5. The van der Waals surface area contributed by atoms with Gasteiger partial charge in [-0.15, -0.1) is 0 Å². The van der Waals surface area contributed by atoms with Crippen LogP contribution in [0.1, 0.15) is 45.2 Å². The van der Waals surface area contributed by atoms with Gasteiger partial charge < -0.3 is 10.2 Å². The van der Waals surface area contributed by atoms with E-state index in [4.69, 9.17) is 0 Å². The Hall–Kier alpha value is -2.21. The van der Waals surface area contributed by atoms with Crippen LogP contribution in [0.25, 0.3) is 5.69 Å². The van der Waals surface area contributed by atoms with Gasteiger partial charge in [-0.05, 0) is 43.5 Å². The number of hydrogen-bond donors (Lipinski definition) is 1. The van der Waals surface area contributed by atoms with Gasteiger partial charge in [0.25, 0.3) is 0 Å². The van der Waals surface area contributed by atoms with Gasteiger partial charge in [0.15, 0.2) is 0 Å². The summed E-state index contributed by atoms with van der Waals surface area (Å²) in [5.41, 5.74) is 1.81. The number of aromatic nitrogens is 2. The van der Waals surface area contributed by atoms with Crippen LogP contribution < -0.4 is 5.32 Å². The van der Waals surface area contributed by atoms with Crippen molar-refractivity contribution < 1.29 is 9.18 Å². The summed E-state index contributed by atoms with van der Waals surface area (Å²) in [4.78, 5) is 14.2. The van der Waals surface area contributed by atoms with Gasteiger partial charge in [0.1, 0.15) is 5.82 Å². The molecule has 5 nitrogen and oxygen atoms in total. The largest absolute Gasteiger partial charge is 0.338 e. The molecule has 6 heteroatoms. The summed E-state index contributed by atoms with van der Waals surface area (Å²) in [7, 11) is 1.86. The number of likely N-dealkylation sites (tertiary alicyclic amines) is 1. The summed E-state index contributed by atoms with van der Waals surface area (Å²) in [5, 5.41) is 8.02. The van der Waals surface area contributed by atoms with E-state index in [1.54, 1.807) is 16.8 Å². The van der Waals surface area contributed by atoms with Crippen LogP contribution >= 0.6 is 0 Å². The average Bonchev–Trinajstić information content (AvgIpc) is 3.18. The van der Waals surface area contributed by atoms with Crippen LogP contribution in [-0.4, -0.2) is 40.2 Å². The third-order valence-corrected chi connectivity index (χ3v) is 5.28. The lowest BCUT2D eigenvalue weighted by atomic mass is 9.95. The number of carbonyl (C=O) groups is 1. The van der Waals surface area contributed by atoms with Crippen LogP contribution in [0.15, 0.2) is 36.7 Å². The smallest absolute Gasteiger partial charge is 0.223 e. The second-order valence-electron chi connectivity index (χ2n) is 8.05. The average molecular weight is 372 g/mol. The maximum Gasteiger partial charge on any atom is 0.223 e. The van der Waals surface area contributed by atoms with Gasteiger partial charge in [-0.3, -0.25) is 4.79 Å². The molecule has 1 aliphatic heterocycles. The fraction of sp³-hybridized carbons (Fsp3) is 0.524. The van der Waals surface area contributed by atoms with E-state index in [-0.39, 0.29) is 23.7 Å². The zero-order valence-electron chi connectivity index (χ0n) is 16.5. The summed E-state index contributed by atoms with van der Waals surface area (Å²) >= 11 is 0. The molecule has 0 bridgehead atoms. The normalized spacial score (nSPS) is 21.3. The molecular formula is C21H29FN4O. The standard InChI is InChI=1S/C21H29FN4O/c1-14(2)9-15(3)23-11-16-10-20(27)25(4)21(16)17-12-24-26(13-17)19-7-5-18(22)6-8-19/h5-8,12-16,21,23H,9-11H2,1-4H3/t15-,16-,21+/m0/s1. The van der Waals surface area contributed by atoms with Gasteiger partial charge in [0, 0.05) is 43.7 Å². The third-order valence-electron chi connectivity index (χ3n) is 5.28. The topological polar surface area (TPSA) is 50.2 Å². The molecular weight excluding hydrogens is 343 g/mol. The molecule has 2 aromatic rings. The zero-order chi connectivity index (χ0) is 19.6. The number of carbonyl (C=O) groups excluding carboxylic acids is 1. The van der Waals surface area contributed by atoms with Crippen LogP contribution in [-0.2, 0) is 4.79 Å². The lowest BCUT2D eigenvalue weighted by Gasteiger charge is -2.25. The Labute approximate surface area is 160 Å². The number of rotatable bonds is 7. The Morgan fingerprint density at radius 1 is 1.26 bits per heavy atom. The van der Waals surface area contributed by atoms with Gasteiger partial charge in [-0.1, -0.05) is 13.8 Å². The SMILES string of the molecule is CC(C)C[C@H](C)NC[C@@H]1CC(=O)N(C)[C@H]1c1cnn(-c2ccc(F)cc2)c1. The molecule has 1 N–H and O–H groups in total. The molecule has 3 atom stereocenters. The minimum Gasteiger partial charge on any atom is -0.338 e. The number of nitrogens with one attached hydrogen (secondary N) is 1. The quantitative estimate of drug-likeness (QED) is 0.809. The summed E-state index contributed by atoms with van der Waals surface area (Å²) in [6, 6.07) is 6.67. The maximum atomic E-state index is 13.1. The Morgan fingerprint density at radius 2 is 1.96 bits per heavy atom. The highest BCUT2D eigenvalue weighted by atomic mass is 19.1. The van der Waals surface area contributed by atoms with E-state index in [0.717, 1.165) is 24.2 Å². The Kier molecular flexibility index (Phi) is 5.95. The molecule has 27 heavy (non-hydrogen) atoms. The predicted molar refractivity (Wildman–Crippen MR) is 104 cm³/mol. The highest BCUT2D eigenvalue weighted by molar-refractivity contribution is 5.79. The van der Waals surface area contributed by atoms with E-state index >= 15 is 0 Å². The number of halogens is 1. The fourth-order valence-corrected chi connectivity index (χ4v) is 4.00. The van der Waals surface area contributed by atoms with Gasteiger partial charge in [0.05, 0.1) is 17.9 Å². The van der Waals surface area contributed by atoms with Gasteiger partial charge in [-0.25, -0.2) is 9.07 Å². The lowest BCUT2D eigenvalue weighted by molar-refractivity contribution is -0.127. The van der Waals surface area contributed by atoms with Crippen LogP contribution in [0.3, 0.4) is 0 Å². The number of amides is 1. The first-order valence-corrected chi connectivity index (χ1v) is 9.64. The fourth-order valence-electron chi connectivity index (χ4n) is 4.00. The molecule has 1 aromatic heterocycles. The van der Waals surface area contributed by atoms with Crippen molar-refractivity contribution in [3.63, 3.8) is 0 Å². The van der Waals surface area contributed by atoms with Crippen molar-refractivity contribution in [1.82, 2.24) is 20.0 Å². The Morgan fingerprint density at radius 3 is 2.63 bits per heavy atom. The minimum absolute atomic E-state index is 0.00504. The molecule has 3 rings (SSSR count). The van der Waals surface area contributed by atoms with E-state index in [2.05, 4.69) is 31.2 Å². The highest BCUT2D eigenvalue weighted by Gasteiger charge is 2.39. The van der Waals surface area contributed by atoms with Crippen molar-refractivity contribution >= 4 is 5.91 Å². The van der Waals surface area contributed by atoms with Crippen LogP contribution in [0.2, 0.25) is 0 Å². The van der Waals surface area contributed by atoms with E-state index in [0.29, 0.717) is 18.4 Å². The van der Waals surface area contributed by atoms with Crippen molar-refractivity contribution in [3.8, 4) is 5.69 Å². The number of hydrogen-bond acceptors (Lipinski definition) is 3. The van der Waals surface area contributed by atoms with E-state index < -0.39 is 0 Å². The summed E-state index contributed by atoms with van der Waals surface area (Å²) in [6.07, 6.45) is 5.42. The van der Waals surface area contributed by atoms with Crippen LogP contribution in [0.5, 0.6) is 0 Å². The molecule has 1 aromatic carbocycles. The van der Waals surface area contributed by atoms with E-state index in [9.17, 15) is 9.18 Å². The second-order valence-corrected chi connectivity index (χ2v) is 8.05. The Balaban J connectivity index is 1.74. The maximum absolute atomic E-state index is 13.1. The van der Waals surface area contributed by atoms with E-state index in [1.165, 1.54) is 12.1 Å². The molecule has 1 saturated heterocycles. The highest BCUT2D eigenvalue weighted by Crippen LogP contribution is 2.36. The number of benzene rings is 1. The van der Waals surface area contributed by atoms with Crippen LogP contribution in [0.4, 0.5) is 4.39 Å². The first-order chi connectivity index (χ1) is 12.8. The van der Waals surface area contributed by atoms with Crippen molar-refractivity contribution in [3.05, 3.63) is 48.0 Å². The first-order valence-electron chi connectivity index (χ1n) is 9.64. The summed E-state index contributed by atoms with van der Waals surface area (Å²) in [6.45, 7) is 7.44. The molecule has 0 saturated carbocycles. The van der Waals surface area contributed by atoms with Gasteiger partial charge >= 0.3 is 0 Å². The van der Waals surface area contributed by atoms with Crippen molar-refractivity contribution in [1.29, 1.82) is 0 Å². The first kappa shape index (κ1) is 19.5. The predicted octanol–water partition coefficient (Wildman–Crippen LogP) is 3.56. The van der Waals surface area contributed by atoms with Crippen molar-refractivity contribution in [2.24, 2.45) is 11.8 Å². The van der Waals surface area contributed by atoms with Crippen LogP contribution in [0, 0.1) is 17.7 Å². The number of nitrogens with zero attached hydrogens (tertiary/aromatic N) is 3. The van der Waals surface area contributed by atoms with E-state index in [1.807, 2.05) is 24.3 Å². The molecule has 2 heterocycles. The van der Waals surface area contributed by atoms with Crippen molar-refractivity contribution in [2.45, 2.75) is 45.7 Å².